The van der Waals surface area contributed by atoms with E-state index in [4.69, 9.17) is 11.5 Å². The minimum atomic E-state index is -0.904. The average Bonchev–Trinajstić information content (AvgIpc) is 3.25. The van der Waals surface area contributed by atoms with Crippen LogP contribution in [0.4, 0.5) is 0 Å². The summed E-state index contributed by atoms with van der Waals surface area (Å²) < 4.78 is 0. The summed E-state index contributed by atoms with van der Waals surface area (Å²) in [6, 6.07) is 8.81. The van der Waals surface area contributed by atoms with E-state index in [1.807, 2.05) is 30.3 Å². The number of amides is 3. The molecule has 0 spiro atoms. The van der Waals surface area contributed by atoms with Gasteiger partial charge in [-0.2, -0.15) is 0 Å². The van der Waals surface area contributed by atoms with E-state index in [9.17, 15) is 14.4 Å². The van der Waals surface area contributed by atoms with E-state index in [2.05, 4.69) is 16.0 Å². The number of benzene rings is 1. The Morgan fingerprint density at radius 1 is 0.781 bits per heavy atom. The fraction of sp³-hybridized carbons (Fsp3) is 0.625. The van der Waals surface area contributed by atoms with Crippen LogP contribution in [0.3, 0.4) is 0 Å². The van der Waals surface area contributed by atoms with Crippen LogP contribution < -0.4 is 27.4 Å². The first kappa shape index (κ1) is 24.2. The summed E-state index contributed by atoms with van der Waals surface area (Å²) in [4.78, 5) is 38.2. The van der Waals surface area contributed by atoms with Crippen molar-refractivity contribution in [3.8, 4) is 0 Å². The van der Waals surface area contributed by atoms with Gasteiger partial charge in [0.15, 0.2) is 0 Å². The van der Waals surface area contributed by atoms with E-state index in [1.165, 1.54) is 0 Å². The summed E-state index contributed by atoms with van der Waals surface area (Å²) in [6.07, 6.45) is 7.89. The van der Waals surface area contributed by atoms with Gasteiger partial charge in [-0.1, -0.05) is 62.4 Å². The van der Waals surface area contributed by atoms with Crippen molar-refractivity contribution in [1.29, 1.82) is 0 Å². The lowest BCUT2D eigenvalue weighted by Crippen LogP contribution is -2.58. The highest BCUT2D eigenvalue weighted by Gasteiger charge is 2.39. The third-order valence-electron chi connectivity index (χ3n) is 6.76. The molecule has 2 aliphatic rings. The zero-order valence-corrected chi connectivity index (χ0v) is 18.8. The van der Waals surface area contributed by atoms with Crippen molar-refractivity contribution >= 4 is 17.7 Å². The second-order valence-electron chi connectivity index (χ2n) is 9.34. The van der Waals surface area contributed by atoms with Crippen molar-refractivity contribution in [1.82, 2.24) is 16.0 Å². The van der Waals surface area contributed by atoms with Crippen LogP contribution in [0.2, 0.25) is 0 Å². The minimum Gasteiger partial charge on any atom is -0.353 e. The molecule has 2 fully saturated rings. The summed E-state index contributed by atoms with van der Waals surface area (Å²) in [5.41, 5.74) is 11.8. The molecule has 1 aromatic carbocycles. The SMILES string of the molecule is NC1(C(=O)NCCNC(=O)[C@@H](Cc2ccccc2)NC(=O)C2(N)CCCC2)CCCCC1. The molecule has 0 aliphatic heterocycles. The molecule has 1 atom stereocenters. The van der Waals surface area contributed by atoms with Gasteiger partial charge in [0.2, 0.25) is 17.7 Å². The van der Waals surface area contributed by atoms with E-state index >= 15 is 0 Å². The summed E-state index contributed by atoms with van der Waals surface area (Å²) in [6.45, 7) is 0.548. The molecule has 3 rings (SSSR count). The van der Waals surface area contributed by atoms with Crippen molar-refractivity contribution in [2.24, 2.45) is 11.5 Å². The number of nitrogens with two attached hydrogens (primary N) is 2. The highest BCUT2D eigenvalue weighted by Crippen LogP contribution is 2.27. The van der Waals surface area contributed by atoms with Gasteiger partial charge in [-0.25, -0.2) is 0 Å². The molecule has 176 valence electrons. The van der Waals surface area contributed by atoms with Crippen LogP contribution in [0.25, 0.3) is 0 Å². The molecule has 0 radical (unpaired) electrons. The Labute approximate surface area is 190 Å². The van der Waals surface area contributed by atoms with Crippen LogP contribution in [-0.4, -0.2) is 47.9 Å². The molecule has 32 heavy (non-hydrogen) atoms. The van der Waals surface area contributed by atoms with Crippen LogP contribution >= 0.6 is 0 Å². The molecule has 2 saturated carbocycles. The van der Waals surface area contributed by atoms with Gasteiger partial charge in [0.1, 0.15) is 6.04 Å². The number of hydrogen-bond donors (Lipinski definition) is 5. The molecule has 7 N–H and O–H groups in total. The summed E-state index contributed by atoms with van der Waals surface area (Å²) in [7, 11) is 0. The van der Waals surface area contributed by atoms with Gasteiger partial charge in [0.05, 0.1) is 11.1 Å². The van der Waals surface area contributed by atoms with Gasteiger partial charge in [-0.15, -0.1) is 0 Å². The minimum absolute atomic E-state index is 0.160. The van der Waals surface area contributed by atoms with Crippen LogP contribution in [0.15, 0.2) is 30.3 Å². The number of rotatable bonds is 9. The normalized spacial score (nSPS) is 20.2. The maximum Gasteiger partial charge on any atom is 0.242 e. The molecule has 0 bridgehead atoms. The predicted molar refractivity (Wildman–Crippen MR) is 123 cm³/mol. The van der Waals surface area contributed by atoms with Gasteiger partial charge < -0.3 is 27.4 Å². The van der Waals surface area contributed by atoms with E-state index in [1.54, 1.807) is 0 Å². The first-order chi connectivity index (χ1) is 15.3. The van der Waals surface area contributed by atoms with Crippen molar-refractivity contribution in [2.75, 3.05) is 13.1 Å². The van der Waals surface area contributed by atoms with Crippen molar-refractivity contribution in [2.45, 2.75) is 81.3 Å². The first-order valence-corrected chi connectivity index (χ1v) is 11.8. The fourth-order valence-electron chi connectivity index (χ4n) is 4.66. The molecule has 1 aromatic rings. The molecule has 0 aromatic heterocycles. The van der Waals surface area contributed by atoms with Gasteiger partial charge in [0, 0.05) is 19.5 Å². The number of carbonyl (C=O) groups is 3. The van der Waals surface area contributed by atoms with Crippen molar-refractivity contribution in [3.05, 3.63) is 35.9 Å². The molecule has 3 amide bonds. The molecular formula is C24H37N5O3. The summed E-state index contributed by atoms with van der Waals surface area (Å²) >= 11 is 0. The number of hydrogen-bond acceptors (Lipinski definition) is 5. The fourth-order valence-corrected chi connectivity index (χ4v) is 4.66. The van der Waals surface area contributed by atoms with Crippen LogP contribution in [0, 0.1) is 0 Å². The van der Waals surface area contributed by atoms with Crippen LogP contribution in [0.1, 0.15) is 63.4 Å². The maximum atomic E-state index is 12.9. The lowest BCUT2D eigenvalue weighted by atomic mass is 9.82. The molecule has 8 nitrogen and oxygen atoms in total. The second-order valence-corrected chi connectivity index (χ2v) is 9.34. The Balaban J connectivity index is 1.53. The highest BCUT2D eigenvalue weighted by molar-refractivity contribution is 5.92. The third kappa shape index (κ3) is 6.29. The Hall–Kier alpha value is -2.45. The van der Waals surface area contributed by atoms with Gasteiger partial charge in [-0.3, -0.25) is 14.4 Å². The molecule has 0 saturated heterocycles. The summed E-state index contributed by atoms with van der Waals surface area (Å²) in [5, 5.41) is 8.55. The molecular weight excluding hydrogens is 406 g/mol. The highest BCUT2D eigenvalue weighted by atomic mass is 16.2. The lowest BCUT2D eigenvalue weighted by Gasteiger charge is -2.31. The van der Waals surface area contributed by atoms with Gasteiger partial charge in [0.25, 0.3) is 0 Å². The largest absolute Gasteiger partial charge is 0.353 e. The number of nitrogens with one attached hydrogen (secondary N) is 3. The van der Waals surface area contributed by atoms with Crippen LogP contribution in [-0.2, 0) is 20.8 Å². The average molecular weight is 444 g/mol. The van der Waals surface area contributed by atoms with Crippen molar-refractivity contribution in [3.63, 3.8) is 0 Å². The smallest absolute Gasteiger partial charge is 0.242 e. The maximum absolute atomic E-state index is 12.9. The van der Waals surface area contributed by atoms with E-state index < -0.39 is 17.1 Å². The lowest BCUT2D eigenvalue weighted by molar-refractivity contribution is -0.131. The summed E-state index contributed by atoms with van der Waals surface area (Å²) in [5.74, 6) is -0.730. The second kappa shape index (κ2) is 10.9. The molecule has 0 unspecified atom stereocenters. The molecule has 2 aliphatic carbocycles. The van der Waals surface area contributed by atoms with Gasteiger partial charge in [-0.05, 0) is 31.2 Å². The Morgan fingerprint density at radius 3 is 1.94 bits per heavy atom. The topological polar surface area (TPSA) is 139 Å². The zero-order valence-electron chi connectivity index (χ0n) is 18.8. The zero-order chi connectivity index (χ0) is 23.0. The monoisotopic (exact) mass is 443 g/mol. The first-order valence-electron chi connectivity index (χ1n) is 11.8. The third-order valence-corrected chi connectivity index (χ3v) is 6.76. The van der Waals surface area contributed by atoms with Gasteiger partial charge >= 0.3 is 0 Å². The Kier molecular flexibility index (Phi) is 8.26. The van der Waals surface area contributed by atoms with Crippen LogP contribution in [0.5, 0.6) is 0 Å². The van der Waals surface area contributed by atoms with E-state index in [-0.39, 0.29) is 30.8 Å². The standard InChI is InChI=1S/C24H37N5O3/c25-23(11-5-2-6-12-23)21(31)28-16-15-27-20(30)19(17-18-9-3-1-4-10-18)29-22(32)24(26)13-7-8-14-24/h1,3-4,9-10,19H,2,5-8,11-17,25-26H2,(H,27,30)(H,28,31)(H,29,32)/t19-/m1/s1. The van der Waals surface area contributed by atoms with E-state index in [0.717, 1.165) is 37.7 Å². The quantitative estimate of drug-likeness (QED) is 0.361. The Morgan fingerprint density at radius 2 is 1.31 bits per heavy atom. The predicted octanol–water partition coefficient (Wildman–Crippen LogP) is 0.879. The Bertz CT molecular complexity index is 786. The number of carbonyl (C=O) groups excluding carboxylic acids is 3. The molecule has 8 heteroatoms. The van der Waals surface area contributed by atoms with Crippen molar-refractivity contribution < 1.29 is 14.4 Å². The van der Waals surface area contributed by atoms with E-state index in [0.29, 0.717) is 32.1 Å². The molecule has 0 heterocycles.